The highest BCUT2D eigenvalue weighted by molar-refractivity contribution is 5.94. The van der Waals surface area contributed by atoms with Crippen molar-refractivity contribution in [3.8, 4) is 11.4 Å². The van der Waals surface area contributed by atoms with Gasteiger partial charge in [0.1, 0.15) is 5.82 Å². The van der Waals surface area contributed by atoms with Crippen LogP contribution in [-0.2, 0) is 9.53 Å². The zero-order chi connectivity index (χ0) is 16.9. The number of hydrogen-bond acceptors (Lipinski definition) is 4. The van der Waals surface area contributed by atoms with Gasteiger partial charge in [-0.3, -0.25) is 9.59 Å². The highest BCUT2D eigenvalue weighted by Gasteiger charge is 2.28. The summed E-state index contributed by atoms with van der Waals surface area (Å²) in [6.45, 7) is 3.38. The number of esters is 1. The summed E-state index contributed by atoms with van der Waals surface area (Å²) < 4.78 is 5.06. The zero-order valence-corrected chi connectivity index (χ0v) is 13.7. The van der Waals surface area contributed by atoms with Crippen molar-refractivity contribution in [3.63, 3.8) is 0 Å². The molecule has 6 nitrogen and oxygen atoms in total. The van der Waals surface area contributed by atoms with Crippen molar-refractivity contribution in [2.75, 3.05) is 19.7 Å². The van der Waals surface area contributed by atoms with Crippen LogP contribution in [-0.4, -0.2) is 46.4 Å². The number of likely N-dealkylation sites (tertiary alicyclic amines) is 1. The first-order valence-electron chi connectivity index (χ1n) is 8.24. The smallest absolute Gasteiger partial charge is 0.309 e. The van der Waals surface area contributed by atoms with Crippen molar-refractivity contribution in [1.29, 1.82) is 0 Å². The van der Waals surface area contributed by atoms with Crippen molar-refractivity contribution in [3.05, 3.63) is 42.2 Å². The van der Waals surface area contributed by atoms with Crippen LogP contribution in [0.25, 0.3) is 11.4 Å². The van der Waals surface area contributed by atoms with Gasteiger partial charge in [0.15, 0.2) is 0 Å². The van der Waals surface area contributed by atoms with E-state index in [4.69, 9.17) is 4.74 Å². The first kappa shape index (κ1) is 16.2. The molecule has 1 aromatic heterocycles. The van der Waals surface area contributed by atoms with Crippen molar-refractivity contribution >= 4 is 11.9 Å². The molecule has 0 bridgehead atoms. The van der Waals surface area contributed by atoms with Crippen molar-refractivity contribution in [1.82, 2.24) is 14.9 Å². The molecule has 126 valence electrons. The van der Waals surface area contributed by atoms with Crippen LogP contribution >= 0.6 is 0 Å². The maximum absolute atomic E-state index is 12.6. The summed E-state index contributed by atoms with van der Waals surface area (Å²) in [5.41, 5.74) is 1.59. The minimum Gasteiger partial charge on any atom is -0.466 e. The summed E-state index contributed by atoms with van der Waals surface area (Å²) in [5.74, 6) is 0.551. The Bertz CT molecular complexity index is 687. The van der Waals surface area contributed by atoms with Crippen LogP contribution < -0.4 is 0 Å². The molecule has 24 heavy (non-hydrogen) atoms. The fourth-order valence-corrected chi connectivity index (χ4v) is 2.95. The van der Waals surface area contributed by atoms with Crippen molar-refractivity contribution < 1.29 is 14.3 Å². The standard InChI is InChI=1S/C18H21N3O3/c1-2-24-18(23)15-7-11-21(12-8-15)17(22)14-5-3-13(4-6-14)16-19-9-10-20-16/h3-6,9-10,15H,2,7-8,11-12H2,1H3,(H,19,20). The van der Waals surface area contributed by atoms with Gasteiger partial charge in [0.25, 0.3) is 5.91 Å². The summed E-state index contributed by atoms with van der Waals surface area (Å²) in [6, 6.07) is 7.41. The minimum atomic E-state index is -0.146. The maximum atomic E-state index is 12.6. The number of aromatic nitrogens is 2. The number of imidazole rings is 1. The number of rotatable bonds is 4. The van der Waals surface area contributed by atoms with Crippen LogP contribution in [0, 0.1) is 5.92 Å². The molecule has 0 atom stereocenters. The molecule has 1 aliphatic rings. The average Bonchev–Trinajstić information content (AvgIpc) is 3.16. The van der Waals surface area contributed by atoms with Crippen LogP contribution in [0.15, 0.2) is 36.7 Å². The largest absolute Gasteiger partial charge is 0.466 e. The highest BCUT2D eigenvalue weighted by atomic mass is 16.5. The number of nitrogens with zero attached hydrogens (tertiary/aromatic N) is 2. The summed E-state index contributed by atoms with van der Waals surface area (Å²) in [6.07, 6.45) is 4.79. The fraction of sp³-hybridized carbons (Fsp3) is 0.389. The molecule has 2 aromatic rings. The normalized spacial score (nSPS) is 15.3. The molecule has 6 heteroatoms. The molecule has 1 amide bonds. The summed E-state index contributed by atoms with van der Waals surface area (Å²) >= 11 is 0. The van der Waals surface area contributed by atoms with Gasteiger partial charge < -0.3 is 14.6 Å². The Morgan fingerprint density at radius 3 is 2.54 bits per heavy atom. The van der Waals surface area contributed by atoms with Crippen LogP contribution in [0.1, 0.15) is 30.1 Å². The van der Waals surface area contributed by atoms with E-state index in [1.807, 2.05) is 31.2 Å². The van der Waals surface area contributed by atoms with Crippen LogP contribution in [0.2, 0.25) is 0 Å². The number of amides is 1. The number of benzene rings is 1. The van der Waals surface area contributed by atoms with Gasteiger partial charge in [-0.15, -0.1) is 0 Å². The van der Waals surface area contributed by atoms with Crippen molar-refractivity contribution in [2.24, 2.45) is 5.92 Å². The zero-order valence-electron chi connectivity index (χ0n) is 13.7. The Hall–Kier alpha value is -2.63. The Morgan fingerprint density at radius 1 is 1.25 bits per heavy atom. The van der Waals surface area contributed by atoms with Crippen LogP contribution in [0.3, 0.4) is 0 Å². The highest BCUT2D eigenvalue weighted by Crippen LogP contribution is 2.21. The molecule has 1 saturated heterocycles. The summed E-state index contributed by atoms with van der Waals surface area (Å²) in [4.78, 5) is 33.4. The number of nitrogens with one attached hydrogen (secondary N) is 1. The third-order valence-corrected chi connectivity index (χ3v) is 4.31. The lowest BCUT2D eigenvalue weighted by molar-refractivity contribution is -0.149. The van der Waals surface area contributed by atoms with Gasteiger partial charge in [0, 0.05) is 36.6 Å². The molecular formula is C18H21N3O3. The number of H-pyrrole nitrogens is 1. The summed E-state index contributed by atoms with van der Waals surface area (Å²) in [7, 11) is 0. The molecule has 1 aliphatic heterocycles. The number of carbonyl (C=O) groups excluding carboxylic acids is 2. The molecule has 2 heterocycles. The Labute approximate surface area is 140 Å². The van der Waals surface area contributed by atoms with E-state index >= 15 is 0 Å². The van der Waals surface area contributed by atoms with E-state index in [0.717, 1.165) is 11.4 Å². The van der Waals surface area contributed by atoms with Gasteiger partial charge in [0.2, 0.25) is 0 Å². The van der Waals surface area contributed by atoms with Gasteiger partial charge >= 0.3 is 5.97 Å². The topological polar surface area (TPSA) is 75.3 Å². The molecule has 3 rings (SSSR count). The first-order chi connectivity index (χ1) is 11.7. The third-order valence-electron chi connectivity index (χ3n) is 4.31. The van der Waals surface area contributed by atoms with E-state index in [9.17, 15) is 9.59 Å². The van der Waals surface area contributed by atoms with Gasteiger partial charge in [0.05, 0.1) is 12.5 Å². The SMILES string of the molecule is CCOC(=O)C1CCN(C(=O)c2ccc(-c3ncc[nH]3)cc2)CC1. The molecule has 0 unspecified atom stereocenters. The lowest BCUT2D eigenvalue weighted by Crippen LogP contribution is -2.40. The molecule has 0 spiro atoms. The van der Waals surface area contributed by atoms with Crippen LogP contribution in [0.4, 0.5) is 0 Å². The maximum Gasteiger partial charge on any atom is 0.309 e. The second-order valence-electron chi connectivity index (χ2n) is 5.83. The predicted molar refractivity (Wildman–Crippen MR) is 89.3 cm³/mol. The molecule has 0 saturated carbocycles. The Kier molecular flexibility index (Phi) is 4.93. The van der Waals surface area contributed by atoms with Crippen LogP contribution in [0.5, 0.6) is 0 Å². The minimum absolute atomic E-state index is 0.00306. The lowest BCUT2D eigenvalue weighted by Gasteiger charge is -2.31. The molecule has 1 aromatic carbocycles. The fourth-order valence-electron chi connectivity index (χ4n) is 2.95. The van der Waals surface area contributed by atoms with Gasteiger partial charge in [-0.1, -0.05) is 12.1 Å². The van der Waals surface area contributed by atoms with E-state index < -0.39 is 0 Å². The lowest BCUT2D eigenvalue weighted by atomic mass is 9.96. The Balaban J connectivity index is 1.60. The second kappa shape index (κ2) is 7.29. The third kappa shape index (κ3) is 3.48. The van der Waals surface area contributed by atoms with Gasteiger partial charge in [-0.25, -0.2) is 4.98 Å². The number of ether oxygens (including phenoxy) is 1. The monoisotopic (exact) mass is 327 g/mol. The molecule has 1 fully saturated rings. The van der Waals surface area contributed by atoms with Gasteiger partial charge in [-0.2, -0.15) is 0 Å². The average molecular weight is 327 g/mol. The molecule has 1 N–H and O–H groups in total. The molecule has 0 aliphatic carbocycles. The van der Waals surface area contributed by atoms with E-state index in [0.29, 0.717) is 38.1 Å². The quantitative estimate of drug-likeness (QED) is 0.876. The second-order valence-corrected chi connectivity index (χ2v) is 5.83. The number of piperidine rings is 1. The van der Waals surface area contributed by atoms with Gasteiger partial charge in [-0.05, 0) is 31.9 Å². The predicted octanol–water partition coefficient (Wildman–Crippen LogP) is 2.49. The number of carbonyl (C=O) groups is 2. The summed E-state index contributed by atoms with van der Waals surface area (Å²) in [5, 5.41) is 0. The van der Waals surface area contributed by atoms with E-state index in [-0.39, 0.29) is 17.8 Å². The van der Waals surface area contributed by atoms with E-state index in [2.05, 4.69) is 9.97 Å². The number of aromatic amines is 1. The first-order valence-corrected chi connectivity index (χ1v) is 8.24. The van der Waals surface area contributed by atoms with E-state index in [1.54, 1.807) is 17.3 Å². The molecular weight excluding hydrogens is 306 g/mol. The Morgan fingerprint density at radius 2 is 1.96 bits per heavy atom. The molecule has 0 radical (unpaired) electrons. The number of hydrogen-bond donors (Lipinski definition) is 1. The van der Waals surface area contributed by atoms with E-state index in [1.165, 1.54) is 0 Å². The van der Waals surface area contributed by atoms with Crippen molar-refractivity contribution in [2.45, 2.75) is 19.8 Å².